The van der Waals surface area contributed by atoms with Crippen LogP contribution in [-0.4, -0.2) is 20.4 Å². The van der Waals surface area contributed by atoms with Gasteiger partial charge in [0.1, 0.15) is 23.0 Å². The van der Waals surface area contributed by atoms with Crippen LogP contribution in [0.2, 0.25) is 0 Å². The highest BCUT2D eigenvalue weighted by Crippen LogP contribution is 2.37. The van der Waals surface area contributed by atoms with Gasteiger partial charge in [-0.2, -0.15) is 0 Å². The van der Waals surface area contributed by atoms with Crippen LogP contribution in [0, 0.1) is 0 Å². The molecule has 0 atom stereocenters. The molecule has 0 aliphatic heterocycles. The van der Waals surface area contributed by atoms with Crippen molar-refractivity contribution in [2.45, 2.75) is 57.8 Å². The summed E-state index contributed by atoms with van der Waals surface area (Å²) in [7, 11) is 0. The summed E-state index contributed by atoms with van der Waals surface area (Å²) in [6.45, 7) is 19.7. The Kier molecular flexibility index (Phi) is 10.7. The van der Waals surface area contributed by atoms with Gasteiger partial charge in [0.15, 0.2) is 0 Å². The predicted octanol–water partition coefficient (Wildman–Crippen LogP) is 9.03. The molecular formula is C39H44O4. The van der Waals surface area contributed by atoms with Gasteiger partial charge in [0.2, 0.25) is 0 Å². The van der Waals surface area contributed by atoms with Crippen LogP contribution in [0.15, 0.2) is 117 Å². The molecule has 0 radical (unpaired) electrons. The third-order valence-electron chi connectivity index (χ3n) is 8.09. The van der Waals surface area contributed by atoms with Gasteiger partial charge in [0, 0.05) is 10.8 Å². The molecule has 0 bridgehead atoms. The summed E-state index contributed by atoms with van der Waals surface area (Å²) >= 11 is 0. The first-order valence-electron chi connectivity index (χ1n) is 14.4. The molecule has 0 aliphatic rings. The van der Waals surface area contributed by atoms with E-state index >= 15 is 0 Å². The Bertz CT molecular complexity index is 1510. The maximum atomic E-state index is 9.96. The van der Waals surface area contributed by atoms with Gasteiger partial charge < -0.3 is 20.4 Å². The van der Waals surface area contributed by atoms with Gasteiger partial charge in [-0.15, -0.1) is 19.7 Å². The van der Waals surface area contributed by atoms with Gasteiger partial charge in [-0.25, -0.2) is 0 Å². The molecule has 0 aliphatic carbocycles. The fourth-order valence-corrected chi connectivity index (χ4v) is 5.09. The van der Waals surface area contributed by atoms with Gasteiger partial charge in [-0.3, -0.25) is 0 Å². The Labute approximate surface area is 256 Å². The smallest absolute Gasteiger partial charge is 0.119 e. The van der Waals surface area contributed by atoms with Crippen molar-refractivity contribution < 1.29 is 20.4 Å². The lowest BCUT2D eigenvalue weighted by Crippen LogP contribution is -2.19. The Morgan fingerprint density at radius 3 is 1.05 bits per heavy atom. The van der Waals surface area contributed by atoms with Crippen molar-refractivity contribution in [1.29, 1.82) is 0 Å². The molecule has 43 heavy (non-hydrogen) atoms. The minimum absolute atomic E-state index is 0.197. The number of phenolic OH excluding ortho intramolecular Hbond substituents is 4. The first-order chi connectivity index (χ1) is 20.3. The topological polar surface area (TPSA) is 80.9 Å². The highest BCUT2D eigenvalue weighted by atomic mass is 16.3. The van der Waals surface area contributed by atoms with Crippen LogP contribution >= 0.6 is 0 Å². The highest BCUT2D eigenvalue weighted by Gasteiger charge is 2.25. The molecule has 0 unspecified atom stereocenters. The number of rotatable bonds is 10. The molecule has 0 saturated carbocycles. The fraction of sp³-hybridized carbons (Fsp3) is 0.231. The number of aromatic hydroxyl groups is 4. The van der Waals surface area contributed by atoms with Crippen LogP contribution in [0.3, 0.4) is 0 Å². The average Bonchev–Trinajstić information content (AvgIpc) is 2.97. The van der Waals surface area contributed by atoms with Crippen LogP contribution in [-0.2, 0) is 30.1 Å². The molecule has 4 N–H and O–H groups in total. The second-order valence-electron chi connectivity index (χ2n) is 11.8. The largest absolute Gasteiger partial charge is 0.508 e. The lowest BCUT2D eigenvalue weighted by atomic mass is 9.77. The van der Waals surface area contributed by atoms with Crippen LogP contribution in [0.4, 0.5) is 0 Å². The molecule has 0 saturated heterocycles. The molecule has 0 heterocycles. The summed E-state index contributed by atoms with van der Waals surface area (Å²) < 4.78 is 0. The maximum Gasteiger partial charge on any atom is 0.119 e. The number of benzene rings is 4. The molecule has 0 amide bonds. The number of allylic oxidation sites excluding steroid dienone is 3. The number of hydrogen-bond donors (Lipinski definition) is 4. The molecule has 0 spiro atoms. The van der Waals surface area contributed by atoms with E-state index in [1.54, 1.807) is 48.6 Å². The van der Waals surface area contributed by atoms with E-state index in [2.05, 4.69) is 47.4 Å². The monoisotopic (exact) mass is 576 g/mol. The summed E-state index contributed by atoms with van der Waals surface area (Å²) in [5.41, 5.74) is 6.65. The first kappa shape index (κ1) is 32.8. The van der Waals surface area contributed by atoms with Gasteiger partial charge >= 0.3 is 0 Å². The Morgan fingerprint density at radius 2 is 0.744 bits per heavy atom. The molecule has 4 nitrogen and oxygen atoms in total. The molecule has 0 aromatic heterocycles. The van der Waals surface area contributed by atoms with E-state index < -0.39 is 0 Å². The van der Waals surface area contributed by atoms with E-state index in [0.717, 1.165) is 38.9 Å². The van der Waals surface area contributed by atoms with Crippen LogP contribution < -0.4 is 0 Å². The van der Waals surface area contributed by atoms with Crippen molar-refractivity contribution >= 4 is 0 Å². The molecule has 4 aromatic carbocycles. The third-order valence-corrected chi connectivity index (χ3v) is 8.09. The van der Waals surface area contributed by atoms with E-state index in [0.29, 0.717) is 36.5 Å². The summed E-state index contributed by atoms with van der Waals surface area (Å²) in [6.07, 6.45) is 7.26. The van der Waals surface area contributed by atoms with E-state index in [4.69, 9.17) is 0 Å². The van der Waals surface area contributed by atoms with Crippen LogP contribution in [0.1, 0.15) is 66.6 Å². The van der Waals surface area contributed by atoms with Gasteiger partial charge in [-0.05, 0) is 88.5 Å². The minimum Gasteiger partial charge on any atom is -0.508 e. The molecule has 224 valence electrons. The molecular weight excluding hydrogens is 532 g/mol. The van der Waals surface area contributed by atoms with Crippen LogP contribution in [0.5, 0.6) is 23.0 Å². The maximum absolute atomic E-state index is 9.96. The zero-order valence-electron chi connectivity index (χ0n) is 25.8. The van der Waals surface area contributed by atoms with Crippen molar-refractivity contribution in [3.8, 4) is 23.0 Å². The van der Waals surface area contributed by atoms with E-state index in [1.165, 1.54) is 0 Å². The van der Waals surface area contributed by atoms with Crippen molar-refractivity contribution in [2.75, 3.05) is 0 Å². The highest BCUT2D eigenvalue weighted by molar-refractivity contribution is 5.48. The molecule has 0 fully saturated rings. The Morgan fingerprint density at radius 1 is 0.465 bits per heavy atom. The zero-order valence-corrected chi connectivity index (χ0v) is 25.8. The van der Waals surface area contributed by atoms with Gasteiger partial charge in [0.05, 0.1) is 0 Å². The van der Waals surface area contributed by atoms with E-state index in [-0.39, 0.29) is 16.6 Å². The van der Waals surface area contributed by atoms with E-state index in [1.807, 2.05) is 48.5 Å². The molecule has 4 aromatic rings. The van der Waals surface area contributed by atoms with E-state index in [9.17, 15) is 20.4 Å². The van der Waals surface area contributed by atoms with Gasteiger partial charge in [-0.1, -0.05) is 94.5 Å². The lowest BCUT2D eigenvalue weighted by Gasteiger charge is -2.27. The summed E-state index contributed by atoms with van der Waals surface area (Å²) in [5, 5.41) is 39.2. The zero-order chi connectivity index (χ0) is 31.8. The SMILES string of the molecule is C=CCc1cc(C(C)(C)c2ccc(O)c(CC=C)c2)ccc1O.C=CCc1cc(C(C)(C)c2ccc(O)cc2)ccc1O. The number of phenols is 4. The Hall–Kier alpha value is -4.70. The summed E-state index contributed by atoms with van der Waals surface area (Å²) in [5.74, 6) is 1.16. The standard InChI is InChI=1S/C21H24O2.C18H20O2/c1-5-7-15-13-17(9-11-19(15)22)21(3,4)18-10-12-20(23)16(14-18)8-6-2;1-4-5-13-12-15(8-11-17(13)20)18(2,3)14-6-9-16(19)10-7-14/h5-6,9-14,22-23H,1-2,7-8H2,3-4H3;4,6-12,19-20H,1,5H2,2-3H3. The third kappa shape index (κ3) is 7.78. The number of hydrogen-bond acceptors (Lipinski definition) is 4. The Balaban J connectivity index is 0.000000238. The average molecular weight is 577 g/mol. The fourth-order valence-electron chi connectivity index (χ4n) is 5.09. The van der Waals surface area contributed by atoms with Crippen molar-refractivity contribution in [1.82, 2.24) is 0 Å². The quantitative estimate of drug-likeness (QED) is 0.142. The van der Waals surface area contributed by atoms with Crippen molar-refractivity contribution in [3.63, 3.8) is 0 Å². The second kappa shape index (κ2) is 14.0. The summed E-state index contributed by atoms with van der Waals surface area (Å²) in [4.78, 5) is 0. The first-order valence-corrected chi connectivity index (χ1v) is 14.4. The second-order valence-corrected chi connectivity index (χ2v) is 11.8. The van der Waals surface area contributed by atoms with Gasteiger partial charge in [0.25, 0.3) is 0 Å². The lowest BCUT2D eigenvalue weighted by molar-refractivity contribution is 0.467. The minimum atomic E-state index is -0.243. The van der Waals surface area contributed by atoms with Crippen molar-refractivity contribution in [3.05, 3.63) is 156 Å². The summed E-state index contributed by atoms with van der Waals surface area (Å²) in [6, 6.07) is 24.4. The van der Waals surface area contributed by atoms with Crippen molar-refractivity contribution in [2.24, 2.45) is 0 Å². The normalized spacial score (nSPS) is 11.3. The van der Waals surface area contributed by atoms with Crippen LogP contribution in [0.25, 0.3) is 0 Å². The predicted molar refractivity (Wildman–Crippen MR) is 178 cm³/mol. The molecule has 4 rings (SSSR count). The molecule has 4 heteroatoms.